The van der Waals surface area contributed by atoms with Crippen LogP contribution in [-0.2, 0) is 27.6 Å². The molecule has 6 N–H and O–H groups in total. The van der Waals surface area contributed by atoms with Crippen LogP contribution in [0.4, 0.5) is 20.2 Å². The summed E-state index contributed by atoms with van der Waals surface area (Å²) in [5.74, 6) is -6.09. The molecule has 2 heterocycles. The van der Waals surface area contributed by atoms with Gasteiger partial charge in [0.1, 0.15) is 17.7 Å². The molecule has 2 aromatic heterocycles. The minimum Gasteiger partial charge on any atom is -0.550 e. The van der Waals surface area contributed by atoms with Crippen molar-refractivity contribution in [2.75, 3.05) is 10.6 Å². The predicted molar refractivity (Wildman–Crippen MR) is 316 cm³/mol. The topological polar surface area (TPSA) is 238 Å². The number of hydrogen-bond acceptors (Lipinski definition) is 11. The predicted octanol–water partition coefficient (Wildman–Crippen LogP) is 10.1. The summed E-state index contributed by atoms with van der Waals surface area (Å²) in [6.07, 6.45) is -16.9. The Bertz CT molecular complexity index is 3680. The smallest absolute Gasteiger partial charge is 0.550 e. The first-order valence-electron chi connectivity index (χ1n) is 29.4. The summed E-state index contributed by atoms with van der Waals surface area (Å²) in [4.78, 5) is 54.3. The van der Waals surface area contributed by atoms with Crippen LogP contribution in [0.5, 0.6) is 0 Å². The molecule has 0 radical (unpaired) electrons. The van der Waals surface area contributed by atoms with Crippen LogP contribution in [0.1, 0.15) is 117 Å². The Balaban J connectivity index is 0.000000283. The molecule has 84 heavy (non-hydrogen) atoms. The molecular formula is C66H68CaF2N4O11. The molecule has 0 unspecified atom stereocenters. The first kappa shape index (κ1) is 58.5. The molecule has 0 saturated heterocycles. The number of halogens is 2. The zero-order valence-electron chi connectivity index (χ0n) is 51.8. The second kappa shape index (κ2) is 31.5. The second-order valence-corrected chi connectivity index (χ2v) is 20.2. The van der Waals surface area contributed by atoms with Crippen LogP contribution >= 0.6 is 0 Å². The van der Waals surface area contributed by atoms with Crippen molar-refractivity contribution in [2.45, 2.75) is 115 Å². The molecule has 8 rings (SSSR count). The van der Waals surface area contributed by atoms with Gasteiger partial charge >= 0.3 is 37.7 Å². The van der Waals surface area contributed by atoms with Gasteiger partial charge in [-0.2, -0.15) is 0 Å². The van der Waals surface area contributed by atoms with E-state index in [0.717, 1.165) is 11.3 Å². The van der Waals surface area contributed by atoms with Gasteiger partial charge in [-0.3, -0.25) is 14.8 Å². The molecule has 4 atom stereocenters. The number of aliphatic hydroxyl groups excluding tert-OH is 3. The fraction of sp³-hybridized carbons (Fsp3) is 0.273. The standard InChI is InChI=1S/C33H35FN2O6.C33H35FN2O5.Ca/c1-21(2)31-30(33(40)35-25-11-7-4-8-12-25)29(22-9-5-3-6-10-22)32(23-13-15-24(34)16-14-23)36(31)18-17-26(37)19-27(42-41)20-28(38)39;1-21(2)31-30(33(41)35-25-11-7-4-8-12-25)29(22-9-5-3-6-10-22)32(23-13-15-24(34)16-14-23)36(31)18-17-26(37)19-27(38)20-28(39)40;/h3-16,21,26-27,37,41H,17-20H2,1-2H3,(H,35,40)(H,38,39);3-16,21,26-27,37-38H,17-20H2,1-2H3,(H,35,41)(H,39,40);/q;;+2/p-2/t2*26-,27-;/m11./s1/i19D2,20D2,27D;;. The third-order valence-electron chi connectivity index (χ3n) is 13.4. The fourth-order valence-electron chi connectivity index (χ4n) is 10.1. The molecule has 0 aliphatic rings. The summed E-state index contributed by atoms with van der Waals surface area (Å²) in [5, 5.41) is 69.4. The van der Waals surface area contributed by atoms with Crippen LogP contribution in [0.25, 0.3) is 44.8 Å². The van der Waals surface area contributed by atoms with Gasteiger partial charge in [-0.15, -0.1) is 0 Å². The second-order valence-electron chi connectivity index (χ2n) is 20.2. The number of amides is 2. The molecule has 434 valence electrons. The Morgan fingerprint density at radius 2 is 0.917 bits per heavy atom. The van der Waals surface area contributed by atoms with Gasteiger partial charge < -0.3 is 54.9 Å². The molecule has 2 amide bonds. The number of hydrogen-bond donors (Lipinski definition) is 6. The summed E-state index contributed by atoms with van der Waals surface area (Å²) in [5.41, 5.74) is 7.95. The molecular weight excluding hydrogens is 1100 g/mol. The molecule has 0 spiro atoms. The van der Waals surface area contributed by atoms with Crippen molar-refractivity contribution in [3.63, 3.8) is 0 Å². The van der Waals surface area contributed by atoms with Crippen molar-refractivity contribution >= 4 is 72.9 Å². The number of nitrogens with zero attached hydrogens (tertiary/aromatic N) is 2. The molecule has 15 nitrogen and oxygen atoms in total. The molecule has 8 aromatic rings. The number of para-hydroxylation sites is 2. The summed E-state index contributed by atoms with van der Waals surface area (Å²) < 4.78 is 72.0. The number of aliphatic hydroxyl groups is 3. The number of carboxylic acids is 2. The molecule has 0 aliphatic heterocycles. The Hall–Kier alpha value is -7.32. The normalized spacial score (nSPS) is 14.2. The number of nitrogens with one attached hydrogen (secondary N) is 2. The van der Waals surface area contributed by atoms with Crippen molar-refractivity contribution in [2.24, 2.45) is 0 Å². The van der Waals surface area contributed by atoms with Crippen molar-refractivity contribution in [1.82, 2.24) is 9.13 Å². The number of benzene rings is 6. The number of carbonyl (C=O) groups excluding carboxylic acids is 4. The quantitative estimate of drug-likeness (QED) is 0.0179. The fourth-order valence-corrected chi connectivity index (χ4v) is 10.1. The van der Waals surface area contributed by atoms with E-state index in [4.69, 9.17) is 6.85 Å². The van der Waals surface area contributed by atoms with E-state index >= 15 is 0 Å². The zero-order valence-corrected chi connectivity index (χ0v) is 49.0. The molecule has 0 aliphatic carbocycles. The van der Waals surface area contributed by atoms with E-state index in [-0.39, 0.29) is 87.0 Å². The van der Waals surface area contributed by atoms with Crippen LogP contribution in [0.3, 0.4) is 0 Å². The van der Waals surface area contributed by atoms with Gasteiger partial charge in [0.25, 0.3) is 11.8 Å². The van der Waals surface area contributed by atoms with E-state index in [1.807, 2.05) is 80.8 Å². The molecule has 6 aromatic carbocycles. The van der Waals surface area contributed by atoms with Gasteiger partial charge in [0, 0.05) is 83.6 Å². The maximum Gasteiger partial charge on any atom is 2.00 e. The molecule has 0 saturated carbocycles. The number of rotatable bonds is 25. The van der Waals surface area contributed by atoms with Gasteiger partial charge in [0.05, 0.1) is 42.2 Å². The summed E-state index contributed by atoms with van der Waals surface area (Å²) in [6, 6.07) is 47.9. The third-order valence-corrected chi connectivity index (χ3v) is 13.4. The average molecular weight is 1180 g/mol. The molecule has 0 bridgehead atoms. The first-order valence-corrected chi connectivity index (χ1v) is 26.9. The summed E-state index contributed by atoms with van der Waals surface area (Å²) in [7, 11) is 0. The van der Waals surface area contributed by atoms with Crippen LogP contribution in [0.2, 0.25) is 0 Å². The number of carbonyl (C=O) groups is 4. The van der Waals surface area contributed by atoms with Gasteiger partial charge in [-0.25, -0.2) is 13.7 Å². The first-order chi connectivity index (χ1) is 41.7. The van der Waals surface area contributed by atoms with Crippen molar-refractivity contribution in [3.8, 4) is 44.8 Å². The zero-order chi connectivity index (χ0) is 64.3. The Labute approximate surface area is 524 Å². The molecule has 0 fully saturated rings. The van der Waals surface area contributed by atoms with Crippen LogP contribution in [0.15, 0.2) is 170 Å². The Morgan fingerprint density at radius 3 is 1.26 bits per heavy atom. The maximum absolute atomic E-state index is 14.2. The SMILES string of the molecule is CC(C)c1c(C(=O)Nc2ccccc2)c(-c2ccccc2)c(-c2ccc(F)cc2)n1CC[C@@H](O)C[C@@H](O)CC(=O)[O-].[2H]C([2H])(C(=O)[O-])[C@]([2H])(OO)C([2H])([2H])[C@H](O)CCn1c(-c2ccc(F)cc2)c(-c2ccccc2)c(C(=O)Nc2ccccc2)c1C(C)C.[Ca+2]. The van der Waals surface area contributed by atoms with Crippen LogP contribution in [0, 0.1) is 11.6 Å². The monoisotopic (exact) mass is 1180 g/mol. The van der Waals surface area contributed by atoms with Crippen molar-refractivity contribution in [3.05, 3.63) is 204 Å². The number of anilines is 2. The van der Waals surface area contributed by atoms with E-state index in [0.29, 0.717) is 61.8 Å². The summed E-state index contributed by atoms with van der Waals surface area (Å²) >= 11 is 0. The largest absolute Gasteiger partial charge is 2.00 e. The van der Waals surface area contributed by atoms with Crippen LogP contribution in [-0.4, -0.2) is 116 Å². The third kappa shape index (κ3) is 17.4. The van der Waals surface area contributed by atoms with E-state index in [1.54, 1.807) is 89.5 Å². The molecule has 18 heteroatoms. The van der Waals surface area contributed by atoms with Gasteiger partial charge in [0.15, 0.2) is 0 Å². The van der Waals surface area contributed by atoms with E-state index in [1.165, 1.54) is 36.4 Å². The Kier molecular flexibility index (Phi) is 21.9. The minimum atomic E-state index is -3.90. The van der Waals surface area contributed by atoms with Gasteiger partial charge in [-0.1, -0.05) is 125 Å². The Morgan fingerprint density at radius 1 is 0.548 bits per heavy atom. The number of carboxylic acid groups (broad SMARTS) is 2. The van der Waals surface area contributed by atoms with Crippen molar-refractivity contribution in [1.29, 1.82) is 0 Å². The average Bonchev–Trinajstić information content (AvgIpc) is 1.73. The van der Waals surface area contributed by atoms with E-state index < -0.39 is 79.5 Å². The van der Waals surface area contributed by atoms with Gasteiger partial charge in [-0.05, 0) is 126 Å². The number of aliphatic carboxylic acids is 2. The number of aromatic nitrogens is 2. The van der Waals surface area contributed by atoms with Crippen molar-refractivity contribution < 1.29 is 70.5 Å². The van der Waals surface area contributed by atoms with E-state index in [9.17, 15) is 58.7 Å². The van der Waals surface area contributed by atoms with Crippen LogP contribution < -0.4 is 20.8 Å². The minimum absolute atomic E-state index is 0. The maximum atomic E-state index is 14.2. The summed E-state index contributed by atoms with van der Waals surface area (Å²) in [6.45, 7) is 7.62. The van der Waals surface area contributed by atoms with Gasteiger partial charge in [0.2, 0.25) is 0 Å². The van der Waals surface area contributed by atoms with E-state index in [2.05, 4.69) is 15.5 Å².